The Balaban J connectivity index is 1.81. The van der Waals surface area contributed by atoms with E-state index in [4.69, 9.17) is 10.00 Å². The monoisotopic (exact) mass is 449 g/mol. The first-order valence-corrected chi connectivity index (χ1v) is 11.3. The van der Waals surface area contributed by atoms with Crippen molar-refractivity contribution >= 4 is 21.6 Å². The molecule has 0 unspecified atom stereocenters. The molecule has 0 saturated heterocycles. The Hall–Kier alpha value is -3.67. The summed E-state index contributed by atoms with van der Waals surface area (Å²) in [4.78, 5) is 12.8. The van der Waals surface area contributed by atoms with Gasteiger partial charge in [0.2, 0.25) is 15.9 Å². The van der Waals surface area contributed by atoms with E-state index in [1.165, 1.54) is 25.3 Å². The van der Waals surface area contributed by atoms with E-state index in [0.717, 1.165) is 9.87 Å². The SMILES string of the molecule is COc1ccc(S(=O)(=O)N(CCc2ccccc2)CC(=O)Nc2cccc(C#N)c2)cc1. The number of nitrogens with zero attached hydrogens (tertiary/aromatic N) is 2. The van der Waals surface area contributed by atoms with Gasteiger partial charge in [-0.15, -0.1) is 0 Å². The van der Waals surface area contributed by atoms with Crippen molar-refractivity contribution in [2.45, 2.75) is 11.3 Å². The van der Waals surface area contributed by atoms with Crippen molar-refractivity contribution in [3.63, 3.8) is 0 Å². The quantitative estimate of drug-likeness (QED) is 0.539. The molecule has 0 spiro atoms. The fraction of sp³-hybridized carbons (Fsp3) is 0.167. The molecule has 0 atom stereocenters. The van der Waals surface area contributed by atoms with Crippen molar-refractivity contribution in [2.75, 3.05) is 25.5 Å². The standard InChI is InChI=1S/C24H23N3O4S/c1-31-22-10-12-23(13-11-22)32(29,30)27(15-14-19-6-3-2-4-7-19)18-24(28)26-21-9-5-8-20(16-21)17-25/h2-13,16H,14-15,18H2,1H3,(H,26,28). The Morgan fingerprint density at radius 2 is 1.75 bits per heavy atom. The molecule has 0 saturated carbocycles. The first kappa shape index (κ1) is 23.0. The number of nitriles is 1. The molecule has 3 aromatic rings. The lowest BCUT2D eigenvalue weighted by atomic mass is 10.1. The summed E-state index contributed by atoms with van der Waals surface area (Å²) in [7, 11) is -2.43. The predicted molar refractivity (Wildman–Crippen MR) is 122 cm³/mol. The van der Waals surface area contributed by atoms with Gasteiger partial charge < -0.3 is 10.1 Å². The molecule has 0 radical (unpaired) electrons. The molecule has 0 aliphatic carbocycles. The van der Waals surface area contributed by atoms with Gasteiger partial charge >= 0.3 is 0 Å². The topological polar surface area (TPSA) is 99.5 Å². The van der Waals surface area contributed by atoms with Gasteiger partial charge in [0.1, 0.15) is 5.75 Å². The minimum Gasteiger partial charge on any atom is -0.497 e. The maximum atomic E-state index is 13.3. The lowest BCUT2D eigenvalue weighted by Gasteiger charge is -2.22. The number of amides is 1. The average molecular weight is 450 g/mol. The first-order chi connectivity index (χ1) is 15.4. The highest BCUT2D eigenvalue weighted by Crippen LogP contribution is 2.20. The van der Waals surface area contributed by atoms with E-state index in [1.54, 1.807) is 30.3 Å². The van der Waals surface area contributed by atoms with Gasteiger partial charge in [0.25, 0.3) is 0 Å². The number of rotatable bonds is 9. The average Bonchev–Trinajstić information content (AvgIpc) is 2.82. The Labute approximate surface area is 187 Å². The molecule has 1 amide bonds. The molecule has 7 nitrogen and oxygen atoms in total. The minimum absolute atomic E-state index is 0.0747. The molecule has 3 rings (SSSR count). The highest BCUT2D eigenvalue weighted by molar-refractivity contribution is 7.89. The lowest BCUT2D eigenvalue weighted by molar-refractivity contribution is -0.116. The highest BCUT2D eigenvalue weighted by Gasteiger charge is 2.26. The summed E-state index contributed by atoms with van der Waals surface area (Å²) in [5.41, 5.74) is 1.79. The molecular weight excluding hydrogens is 426 g/mol. The molecule has 3 aromatic carbocycles. The van der Waals surface area contributed by atoms with Crippen molar-refractivity contribution < 1.29 is 17.9 Å². The molecule has 0 aliphatic rings. The normalized spacial score (nSPS) is 11.0. The number of hydrogen-bond acceptors (Lipinski definition) is 5. The number of hydrogen-bond donors (Lipinski definition) is 1. The Kier molecular flexibility index (Phi) is 7.60. The third kappa shape index (κ3) is 5.94. The molecule has 0 aliphatic heterocycles. The number of methoxy groups -OCH3 is 1. The van der Waals surface area contributed by atoms with Crippen LogP contribution in [-0.2, 0) is 21.2 Å². The van der Waals surface area contributed by atoms with E-state index in [9.17, 15) is 13.2 Å². The predicted octanol–water partition coefficient (Wildman–Crippen LogP) is 3.44. The minimum atomic E-state index is -3.93. The number of anilines is 1. The Morgan fingerprint density at radius 1 is 1.03 bits per heavy atom. The Bertz CT molecular complexity index is 1200. The zero-order chi connectivity index (χ0) is 23.0. The summed E-state index contributed by atoms with van der Waals surface area (Å²) >= 11 is 0. The summed E-state index contributed by atoms with van der Waals surface area (Å²) < 4.78 is 32.9. The number of sulfonamides is 1. The second kappa shape index (κ2) is 10.6. The Morgan fingerprint density at radius 3 is 2.41 bits per heavy atom. The van der Waals surface area contributed by atoms with Crippen LogP contribution in [-0.4, -0.2) is 38.8 Å². The number of carbonyl (C=O) groups excluding carboxylic acids is 1. The van der Waals surface area contributed by atoms with Gasteiger partial charge in [-0.3, -0.25) is 4.79 Å². The molecule has 0 heterocycles. The fourth-order valence-electron chi connectivity index (χ4n) is 3.11. The maximum Gasteiger partial charge on any atom is 0.243 e. The smallest absolute Gasteiger partial charge is 0.243 e. The molecule has 1 N–H and O–H groups in total. The van der Waals surface area contributed by atoms with Gasteiger partial charge in [-0.05, 0) is 54.4 Å². The lowest BCUT2D eigenvalue weighted by Crippen LogP contribution is -2.39. The van der Waals surface area contributed by atoms with Gasteiger partial charge in [0, 0.05) is 12.2 Å². The summed E-state index contributed by atoms with van der Waals surface area (Å²) in [6.07, 6.45) is 0.452. The first-order valence-electron chi connectivity index (χ1n) is 9.90. The van der Waals surface area contributed by atoms with Gasteiger partial charge in [-0.25, -0.2) is 8.42 Å². The molecular formula is C24H23N3O4S. The van der Waals surface area contributed by atoms with Crippen LogP contribution in [0.1, 0.15) is 11.1 Å². The summed E-state index contributed by atoms with van der Waals surface area (Å²) in [5.74, 6) is 0.0418. The van der Waals surface area contributed by atoms with E-state index in [1.807, 2.05) is 36.4 Å². The van der Waals surface area contributed by atoms with Crippen molar-refractivity contribution in [2.24, 2.45) is 0 Å². The van der Waals surface area contributed by atoms with Crippen LogP contribution in [0, 0.1) is 11.3 Å². The van der Waals surface area contributed by atoms with Gasteiger partial charge in [-0.2, -0.15) is 9.57 Å². The molecule has 0 bridgehead atoms. The zero-order valence-corrected chi connectivity index (χ0v) is 18.4. The summed E-state index contributed by atoms with van der Waals surface area (Å²) in [6, 6.07) is 24.0. The molecule has 32 heavy (non-hydrogen) atoms. The van der Waals surface area contributed by atoms with Crippen LogP contribution in [0.5, 0.6) is 5.75 Å². The van der Waals surface area contributed by atoms with E-state index >= 15 is 0 Å². The molecule has 8 heteroatoms. The van der Waals surface area contributed by atoms with Gasteiger partial charge in [0.15, 0.2) is 0 Å². The van der Waals surface area contributed by atoms with Gasteiger partial charge in [0.05, 0.1) is 30.2 Å². The second-order valence-electron chi connectivity index (χ2n) is 6.99. The maximum absolute atomic E-state index is 13.3. The van der Waals surface area contributed by atoms with Crippen molar-refractivity contribution in [3.8, 4) is 11.8 Å². The third-order valence-electron chi connectivity index (χ3n) is 4.79. The van der Waals surface area contributed by atoms with Crippen molar-refractivity contribution in [3.05, 3.63) is 90.0 Å². The zero-order valence-electron chi connectivity index (χ0n) is 17.6. The van der Waals surface area contributed by atoms with Crippen LogP contribution >= 0.6 is 0 Å². The van der Waals surface area contributed by atoms with Crippen LogP contribution < -0.4 is 10.1 Å². The van der Waals surface area contributed by atoms with E-state index < -0.39 is 15.9 Å². The third-order valence-corrected chi connectivity index (χ3v) is 6.64. The summed E-state index contributed by atoms with van der Waals surface area (Å²) in [6.45, 7) is -0.234. The molecule has 0 fully saturated rings. The molecule has 0 aromatic heterocycles. The molecule has 164 valence electrons. The second-order valence-corrected chi connectivity index (χ2v) is 8.93. The number of ether oxygens (including phenoxy) is 1. The van der Waals surface area contributed by atoms with E-state index in [-0.39, 0.29) is 18.0 Å². The van der Waals surface area contributed by atoms with Crippen LogP contribution in [0.4, 0.5) is 5.69 Å². The van der Waals surface area contributed by atoms with E-state index in [0.29, 0.717) is 23.4 Å². The number of nitrogens with one attached hydrogen (secondary N) is 1. The van der Waals surface area contributed by atoms with Gasteiger partial charge in [-0.1, -0.05) is 36.4 Å². The van der Waals surface area contributed by atoms with Crippen LogP contribution in [0.15, 0.2) is 83.8 Å². The van der Waals surface area contributed by atoms with Crippen LogP contribution in [0.25, 0.3) is 0 Å². The van der Waals surface area contributed by atoms with E-state index in [2.05, 4.69) is 5.32 Å². The summed E-state index contributed by atoms with van der Waals surface area (Å²) in [5, 5.41) is 11.7. The largest absolute Gasteiger partial charge is 0.497 e. The number of carbonyl (C=O) groups is 1. The van der Waals surface area contributed by atoms with Crippen LogP contribution in [0.2, 0.25) is 0 Å². The fourth-order valence-corrected chi connectivity index (χ4v) is 4.50. The van der Waals surface area contributed by atoms with Crippen molar-refractivity contribution in [1.82, 2.24) is 4.31 Å². The van der Waals surface area contributed by atoms with Crippen molar-refractivity contribution in [1.29, 1.82) is 5.26 Å². The highest BCUT2D eigenvalue weighted by atomic mass is 32.2. The van der Waals surface area contributed by atoms with Crippen LogP contribution in [0.3, 0.4) is 0 Å². The number of benzene rings is 3.